The molecule has 1 aromatic carbocycles. The zero-order chi connectivity index (χ0) is 18.5. The largest absolute Gasteiger partial charge is 0.494 e. The van der Waals surface area contributed by atoms with Crippen molar-refractivity contribution in [3.63, 3.8) is 0 Å². The Morgan fingerprint density at radius 3 is 2.58 bits per heavy atom. The molecule has 3 rings (SSSR count). The van der Waals surface area contributed by atoms with Crippen molar-refractivity contribution in [1.82, 2.24) is 4.57 Å². The Kier molecular flexibility index (Phi) is 6.53. The average Bonchev–Trinajstić information content (AvgIpc) is 3.23. The van der Waals surface area contributed by atoms with Crippen molar-refractivity contribution in [3.05, 3.63) is 50.9 Å². The molecule has 26 heavy (non-hydrogen) atoms. The first-order valence-electron chi connectivity index (χ1n) is 8.34. The molecule has 0 amide bonds. The lowest BCUT2D eigenvalue weighted by molar-refractivity contribution is 0.162. The van der Waals surface area contributed by atoms with E-state index in [9.17, 15) is 0 Å². The highest BCUT2D eigenvalue weighted by molar-refractivity contribution is 7.19. The first-order valence-corrected chi connectivity index (χ1v) is 10.4. The highest BCUT2D eigenvalue weighted by Crippen LogP contribution is 2.32. The molecule has 7 heteroatoms. The quantitative estimate of drug-likeness (QED) is 0.497. The van der Waals surface area contributed by atoms with E-state index in [0.29, 0.717) is 13.2 Å². The van der Waals surface area contributed by atoms with Crippen LogP contribution in [-0.4, -0.2) is 24.9 Å². The fourth-order valence-electron chi connectivity index (χ4n) is 2.67. The number of thiophene rings is 1. The van der Waals surface area contributed by atoms with Gasteiger partial charge in [-0.3, -0.25) is 0 Å². The molecule has 0 aliphatic rings. The minimum Gasteiger partial charge on any atom is -0.494 e. The summed E-state index contributed by atoms with van der Waals surface area (Å²) in [5, 5.41) is 2.13. The monoisotopic (exact) mass is 408 g/mol. The van der Waals surface area contributed by atoms with E-state index in [1.165, 1.54) is 0 Å². The number of halogens is 1. The third-order valence-corrected chi connectivity index (χ3v) is 5.88. The van der Waals surface area contributed by atoms with E-state index in [2.05, 4.69) is 16.9 Å². The van der Waals surface area contributed by atoms with Gasteiger partial charge >= 0.3 is 0 Å². The first kappa shape index (κ1) is 19.2. The fourth-order valence-corrected chi connectivity index (χ4v) is 4.81. The summed E-state index contributed by atoms with van der Waals surface area (Å²) in [6, 6.07) is 12.0. The van der Waals surface area contributed by atoms with Crippen molar-refractivity contribution in [2.75, 3.05) is 20.3 Å². The molecule has 2 heterocycles. The molecule has 0 saturated heterocycles. The van der Waals surface area contributed by atoms with E-state index in [1.807, 2.05) is 43.3 Å². The average molecular weight is 409 g/mol. The lowest BCUT2D eigenvalue weighted by Crippen LogP contribution is -2.22. The highest BCUT2D eigenvalue weighted by atomic mass is 35.5. The van der Waals surface area contributed by atoms with Crippen LogP contribution in [0.5, 0.6) is 5.75 Å². The van der Waals surface area contributed by atoms with E-state index in [-0.39, 0.29) is 6.04 Å². The molecule has 0 aliphatic carbocycles. The van der Waals surface area contributed by atoms with E-state index in [1.54, 1.807) is 29.8 Å². The van der Waals surface area contributed by atoms with Crippen LogP contribution in [-0.2, 0) is 4.74 Å². The maximum Gasteiger partial charge on any atom is 0.190 e. The van der Waals surface area contributed by atoms with E-state index in [0.717, 1.165) is 31.1 Å². The Hall–Kier alpha value is -1.60. The number of hydrogen-bond acceptors (Lipinski definition) is 5. The van der Waals surface area contributed by atoms with Crippen LogP contribution < -0.4 is 9.54 Å². The molecule has 0 aliphatic heterocycles. The maximum absolute atomic E-state index is 6.13. The van der Waals surface area contributed by atoms with Crippen LogP contribution in [0, 0.1) is 0 Å². The van der Waals surface area contributed by atoms with Crippen molar-refractivity contribution < 1.29 is 9.47 Å². The van der Waals surface area contributed by atoms with Crippen LogP contribution in [0.4, 0.5) is 5.69 Å². The molecule has 0 spiro atoms. The molecule has 1 atom stereocenters. The smallest absolute Gasteiger partial charge is 0.190 e. The van der Waals surface area contributed by atoms with Gasteiger partial charge in [0.1, 0.15) is 5.75 Å². The van der Waals surface area contributed by atoms with E-state index in [4.69, 9.17) is 26.1 Å². The maximum atomic E-state index is 6.13. The summed E-state index contributed by atoms with van der Waals surface area (Å²) >= 11 is 9.32. The molecule has 0 unspecified atom stereocenters. The van der Waals surface area contributed by atoms with E-state index >= 15 is 0 Å². The molecule has 0 saturated carbocycles. The number of thiazole rings is 1. The van der Waals surface area contributed by atoms with Gasteiger partial charge in [-0.2, -0.15) is 0 Å². The third-order valence-electron chi connectivity index (χ3n) is 3.79. The minimum atomic E-state index is 0.156. The second-order valence-corrected chi connectivity index (χ2v) is 8.27. The minimum absolute atomic E-state index is 0.156. The van der Waals surface area contributed by atoms with Crippen LogP contribution in [0.1, 0.15) is 19.9 Å². The molecule has 0 N–H and O–H groups in total. The van der Waals surface area contributed by atoms with Crippen LogP contribution in [0.3, 0.4) is 0 Å². The molecule has 3 aromatic rings. The number of methoxy groups -OCH3 is 1. The van der Waals surface area contributed by atoms with Gasteiger partial charge in [-0.05, 0) is 50.2 Å². The second kappa shape index (κ2) is 8.86. The zero-order valence-corrected chi connectivity index (χ0v) is 17.3. The lowest BCUT2D eigenvalue weighted by Gasteiger charge is -2.15. The number of hydrogen-bond donors (Lipinski definition) is 0. The van der Waals surface area contributed by atoms with Gasteiger partial charge in [0.15, 0.2) is 4.80 Å². The Morgan fingerprint density at radius 1 is 1.19 bits per heavy atom. The number of nitrogens with zero attached hydrogens (tertiary/aromatic N) is 2. The summed E-state index contributed by atoms with van der Waals surface area (Å²) < 4.78 is 13.9. The number of ether oxygens (including phenoxy) is 2. The van der Waals surface area contributed by atoms with Crippen molar-refractivity contribution in [2.24, 2.45) is 4.99 Å². The summed E-state index contributed by atoms with van der Waals surface area (Å²) in [6.07, 6.45) is 0. The van der Waals surface area contributed by atoms with Gasteiger partial charge in [-0.15, -0.1) is 22.7 Å². The predicted octanol–water partition coefficient (Wildman–Crippen LogP) is 5.77. The topological polar surface area (TPSA) is 35.8 Å². The van der Waals surface area contributed by atoms with E-state index < -0.39 is 0 Å². The standard InChI is InChI=1S/C19H21ClN2O2S2/c1-4-24-15-7-5-14(6-8-15)21-19-22(13(2)11-23-3)16(12-25-19)17-9-10-18(20)26-17/h5-10,12-13H,4,11H2,1-3H3/t13-/m0/s1. The van der Waals surface area contributed by atoms with Crippen LogP contribution >= 0.6 is 34.3 Å². The molecule has 4 nitrogen and oxygen atoms in total. The number of aromatic nitrogens is 1. The summed E-state index contributed by atoms with van der Waals surface area (Å²) in [6.45, 7) is 5.37. The Bertz CT molecular complexity index is 912. The molecular formula is C19H21ClN2O2S2. The molecule has 0 fully saturated rings. The first-order chi connectivity index (χ1) is 12.6. The summed E-state index contributed by atoms with van der Waals surface area (Å²) in [7, 11) is 1.72. The second-order valence-electron chi connectivity index (χ2n) is 5.72. The van der Waals surface area contributed by atoms with Crippen molar-refractivity contribution in [3.8, 4) is 16.3 Å². The third kappa shape index (κ3) is 4.38. The van der Waals surface area contributed by atoms with Crippen molar-refractivity contribution >= 4 is 40.0 Å². The number of benzene rings is 1. The van der Waals surface area contributed by atoms with Crippen LogP contribution in [0.2, 0.25) is 4.34 Å². The normalized spacial score (nSPS) is 13.2. The van der Waals surface area contributed by atoms with Gasteiger partial charge in [0.25, 0.3) is 0 Å². The summed E-state index contributed by atoms with van der Waals surface area (Å²) in [5.41, 5.74) is 2.01. The van der Waals surface area contributed by atoms with Gasteiger partial charge < -0.3 is 14.0 Å². The molecule has 138 valence electrons. The Morgan fingerprint density at radius 2 is 1.96 bits per heavy atom. The fraction of sp³-hybridized carbons (Fsp3) is 0.316. The van der Waals surface area contributed by atoms with Gasteiger partial charge in [-0.1, -0.05) is 11.6 Å². The van der Waals surface area contributed by atoms with Crippen LogP contribution in [0.15, 0.2) is 46.8 Å². The van der Waals surface area contributed by atoms with Crippen molar-refractivity contribution in [1.29, 1.82) is 0 Å². The van der Waals surface area contributed by atoms with Crippen molar-refractivity contribution in [2.45, 2.75) is 19.9 Å². The predicted molar refractivity (Wildman–Crippen MR) is 110 cm³/mol. The summed E-state index contributed by atoms with van der Waals surface area (Å²) in [4.78, 5) is 6.90. The molecule has 0 bridgehead atoms. The zero-order valence-electron chi connectivity index (χ0n) is 14.9. The Labute approximate surface area is 166 Å². The van der Waals surface area contributed by atoms with Gasteiger partial charge in [0.2, 0.25) is 0 Å². The van der Waals surface area contributed by atoms with Gasteiger partial charge in [0, 0.05) is 12.5 Å². The van der Waals surface area contributed by atoms with Gasteiger partial charge in [-0.25, -0.2) is 4.99 Å². The summed E-state index contributed by atoms with van der Waals surface area (Å²) in [5.74, 6) is 0.854. The molecule has 2 aromatic heterocycles. The SMILES string of the molecule is CCOc1ccc(N=c2scc(-c3ccc(Cl)s3)n2[C@@H](C)COC)cc1. The number of rotatable bonds is 7. The Balaban J connectivity index is 2.04. The molecular weight excluding hydrogens is 388 g/mol. The molecule has 0 radical (unpaired) electrons. The lowest BCUT2D eigenvalue weighted by atomic mass is 10.3. The highest BCUT2D eigenvalue weighted by Gasteiger charge is 2.15. The van der Waals surface area contributed by atoms with Crippen LogP contribution in [0.25, 0.3) is 10.6 Å². The van der Waals surface area contributed by atoms with Gasteiger partial charge in [0.05, 0.1) is 39.9 Å².